The summed E-state index contributed by atoms with van der Waals surface area (Å²) in [4.78, 5) is 0. The monoisotopic (exact) mass is 135 g/mol. The van der Waals surface area contributed by atoms with Crippen molar-refractivity contribution in [2.24, 2.45) is 0 Å². The van der Waals surface area contributed by atoms with E-state index in [9.17, 15) is 4.39 Å². The van der Waals surface area contributed by atoms with E-state index in [1.807, 2.05) is 0 Å². The van der Waals surface area contributed by atoms with Crippen molar-refractivity contribution in [3.63, 3.8) is 0 Å². The SMILES string of the molecule is Fc1cc(Cl)[c]s1. The summed E-state index contributed by atoms with van der Waals surface area (Å²) in [5.74, 6) is 0. The summed E-state index contributed by atoms with van der Waals surface area (Å²) in [7, 11) is 0. The predicted octanol–water partition coefficient (Wildman–Crippen LogP) is 2.34. The summed E-state index contributed by atoms with van der Waals surface area (Å²) in [6, 6.07) is 1.23. The Kier molecular flexibility index (Phi) is 1.30. The summed E-state index contributed by atoms with van der Waals surface area (Å²) >= 11 is 6.16. The Hall–Kier alpha value is -0.0800. The Morgan fingerprint density at radius 1 is 1.86 bits per heavy atom. The molecule has 0 atom stereocenters. The van der Waals surface area contributed by atoms with Gasteiger partial charge in [-0.25, -0.2) is 0 Å². The molecule has 0 aliphatic heterocycles. The summed E-state index contributed by atoms with van der Waals surface area (Å²) in [6.07, 6.45) is 0. The van der Waals surface area contributed by atoms with Gasteiger partial charge in [-0.2, -0.15) is 4.39 Å². The standard InChI is InChI=1S/C4HClFS/c5-3-1-4(6)7-2-3/h1H. The van der Waals surface area contributed by atoms with Crippen molar-refractivity contribution in [1.82, 2.24) is 0 Å². The highest BCUT2D eigenvalue weighted by Crippen LogP contribution is 2.15. The van der Waals surface area contributed by atoms with E-state index in [1.165, 1.54) is 6.07 Å². The van der Waals surface area contributed by atoms with Crippen LogP contribution in [0.4, 0.5) is 4.39 Å². The lowest BCUT2D eigenvalue weighted by molar-refractivity contribution is 0.657. The largest absolute Gasteiger partial charge is 0.195 e. The topological polar surface area (TPSA) is 0 Å². The van der Waals surface area contributed by atoms with Gasteiger partial charge in [0.2, 0.25) is 0 Å². The van der Waals surface area contributed by atoms with Gasteiger partial charge >= 0.3 is 0 Å². The second kappa shape index (κ2) is 1.80. The van der Waals surface area contributed by atoms with Crippen molar-refractivity contribution in [1.29, 1.82) is 0 Å². The average molecular weight is 136 g/mol. The third kappa shape index (κ3) is 1.14. The molecule has 0 N–H and O–H groups in total. The molecule has 0 unspecified atom stereocenters. The van der Waals surface area contributed by atoms with Crippen LogP contribution < -0.4 is 0 Å². The zero-order valence-corrected chi connectivity index (χ0v) is 4.81. The molecule has 0 saturated heterocycles. The third-order valence-corrected chi connectivity index (χ3v) is 1.44. The molecular formula is C4HClFS. The van der Waals surface area contributed by atoms with Crippen LogP contribution in [0.15, 0.2) is 6.07 Å². The van der Waals surface area contributed by atoms with Gasteiger partial charge in [0.1, 0.15) is 0 Å². The second-order valence-electron chi connectivity index (χ2n) is 1.00. The van der Waals surface area contributed by atoms with Crippen LogP contribution >= 0.6 is 22.9 Å². The molecule has 1 aromatic heterocycles. The molecule has 0 aromatic carbocycles. The summed E-state index contributed by atoms with van der Waals surface area (Å²) in [5.41, 5.74) is 0. The molecule has 1 heterocycles. The van der Waals surface area contributed by atoms with Crippen LogP contribution in [0.25, 0.3) is 0 Å². The van der Waals surface area contributed by atoms with Crippen LogP contribution in [0.3, 0.4) is 0 Å². The van der Waals surface area contributed by atoms with Crippen molar-refractivity contribution >= 4 is 22.9 Å². The Morgan fingerprint density at radius 2 is 2.57 bits per heavy atom. The van der Waals surface area contributed by atoms with Crippen LogP contribution in [-0.4, -0.2) is 0 Å². The molecule has 0 saturated carbocycles. The van der Waals surface area contributed by atoms with Crippen LogP contribution in [-0.2, 0) is 0 Å². The highest BCUT2D eigenvalue weighted by molar-refractivity contribution is 7.08. The molecule has 1 aromatic rings. The maximum Gasteiger partial charge on any atom is 0.178 e. The van der Waals surface area contributed by atoms with Gasteiger partial charge in [-0.1, -0.05) is 11.6 Å². The minimum Gasteiger partial charge on any atom is -0.195 e. The fourth-order valence-corrected chi connectivity index (χ4v) is 0.963. The highest BCUT2D eigenvalue weighted by atomic mass is 35.5. The van der Waals surface area contributed by atoms with Gasteiger partial charge in [0, 0.05) is 6.07 Å². The first-order valence-electron chi connectivity index (χ1n) is 1.61. The van der Waals surface area contributed by atoms with E-state index >= 15 is 0 Å². The lowest BCUT2D eigenvalue weighted by Crippen LogP contribution is -1.47. The van der Waals surface area contributed by atoms with Crippen LogP contribution in [0.5, 0.6) is 0 Å². The Bertz CT molecular complexity index is 144. The van der Waals surface area contributed by atoms with Crippen LogP contribution in [0.2, 0.25) is 5.02 Å². The van der Waals surface area contributed by atoms with Gasteiger partial charge in [-0.15, -0.1) is 11.3 Å². The number of hydrogen-bond donors (Lipinski definition) is 0. The minimum atomic E-state index is -0.287. The van der Waals surface area contributed by atoms with Gasteiger partial charge in [-0.3, -0.25) is 0 Å². The number of halogens is 2. The smallest absolute Gasteiger partial charge is 0.178 e. The van der Waals surface area contributed by atoms with Gasteiger partial charge < -0.3 is 0 Å². The quantitative estimate of drug-likeness (QED) is 0.512. The molecule has 7 heavy (non-hydrogen) atoms. The number of hydrogen-bond acceptors (Lipinski definition) is 1. The van der Waals surface area contributed by atoms with Crippen molar-refractivity contribution in [3.8, 4) is 0 Å². The van der Waals surface area contributed by atoms with E-state index in [-0.39, 0.29) is 5.13 Å². The fraction of sp³-hybridized carbons (Fsp3) is 0. The van der Waals surface area contributed by atoms with Crippen molar-refractivity contribution in [3.05, 3.63) is 21.6 Å². The summed E-state index contributed by atoms with van der Waals surface area (Å²) in [6.45, 7) is 0. The number of thiophene rings is 1. The molecule has 0 fully saturated rings. The lowest BCUT2D eigenvalue weighted by atomic mass is 10.7. The molecule has 1 radical (unpaired) electrons. The first kappa shape index (κ1) is 5.06. The van der Waals surface area contributed by atoms with E-state index in [4.69, 9.17) is 11.6 Å². The molecule has 0 spiro atoms. The van der Waals surface area contributed by atoms with E-state index in [0.29, 0.717) is 5.02 Å². The normalized spacial score (nSPS) is 9.43. The molecule has 0 bridgehead atoms. The van der Waals surface area contributed by atoms with Crippen molar-refractivity contribution < 1.29 is 4.39 Å². The first-order valence-corrected chi connectivity index (χ1v) is 2.81. The fourth-order valence-electron chi connectivity index (χ4n) is 0.256. The van der Waals surface area contributed by atoms with Gasteiger partial charge in [-0.05, 0) is 0 Å². The van der Waals surface area contributed by atoms with Gasteiger partial charge in [0.15, 0.2) is 5.13 Å². The molecule has 0 nitrogen and oxygen atoms in total. The maximum absolute atomic E-state index is 11.8. The van der Waals surface area contributed by atoms with Gasteiger partial charge in [0.25, 0.3) is 0 Å². The molecular weight excluding hydrogens is 135 g/mol. The van der Waals surface area contributed by atoms with Gasteiger partial charge in [0.05, 0.1) is 10.4 Å². The van der Waals surface area contributed by atoms with Crippen molar-refractivity contribution in [2.75, 3.05) is 0 Å². The summed E-state index contributed by atoms with van der Waals surface area (Å²) < 4.78 is 11.8. The van der Waals surface area contributed by atoms with E-state index in [1.54, 1.807) is 0 Å². The Labute approximate surface area is 49.5 Å². The molecule has 0 aliphatic carbocycles. The zero-order valence-electron chi connectivity index (χ0n) is 3.24. The van der Waals surface area contributed by atoms with Crippen molar-refractivity contribution in [2.45, 2.75) is 0 Å². The maximum atomic E-state index is 11.8. The van der Waals surface area contributed by atoms with Crippen LogP contribution in [0, 0.1) is 10.5 Å². The summed E-state index contributed by atoms with van der Waals surface area (Å²) in [5, 5.41) is 2.56. The molecule has 37 valence electrons. The zero-order chi connectivity index (χ0) is 5.28. The van der Waals surface area contributed by atoms with E-state index in [0.717, 1.165) is 11.3 Å². The lowest BCUT2D eigenvalue weighted by Gasteiger charge is -1.63. The number of rotatable bonds is 0. The van der Waals surface area contributed by atoms with E-state index < -0.39 is 0 Å². The second-order valence-corrected chi connectivity index (χ2v) is 2.21. The molecule has 3 heteroatoms. The highest BCUT2D eigenvalue weighted by Gasteiger charge is 1.91. The third-order valence-electron chi connectivity index (χ3n) is 0.486. The minimum absolute atomic E-state index is 0.287. The molecule has 0 amide bonds. The van der Waals surface area contributed by atoms with E-state index in [2.05, 4.69) is 5.38 Å². The Balaban J connectivity index is 3.04. The average Bonchev–Trinajstić information content (AvgIpc) is 1.87. The molecule has 1 rings (SSSR count). The van der Waals surface area contributed by atoms with Crippen LogP contribution in [0.1, 0.15) is 0 Å². The first-order chi connectivity index (χ1) is 3.29. The molecule has 0 aliphatic rings. The Morgan fingerprint density at radius 3 is 2.71 bits per heavy atom. The predicted molar refractivity (Wildman–Crippen MR) is 28.1 cm³/mol.